The van der Waals surface area contributed by atoms with Crippen molar-refractivity contribution < 1.29 is 9.59 Å². The van der Waals surface area contributed by atoms with Crippen LogP contribution in [0.15, 0.2) is 72.7 Å². The predicted molar refractivity (Wildman–Crippen MR) is 130 cm³/mol. The highest BCUT2D eigenvalue weighted by Gasteiger charge is 2.26. The number of hydrogen-bond donors (Lipinski definition) is 1. The first-order valence-electron chi connectivity index (χ1n) is 11.3. The molecule has 1 N–H and O–H groups in total. The highest BCUT2D eigenvalue weighted by molar-refractivity contribution is 6.06. The summed E-state index contributed by atoms with van der Waals surface area (Å²) in [5.41, 5.74) is 3.19. The molecule has 0 aliphatic carbocycles. The minimum atomic E-state index is -0.365. The van der Waals surface area contributed by atoms with Crippen LogP contribution in [0.2, 0.25) is 0 Å². The molecule has 2 aliphatic rings. The Kier molecular flexibility index (Phi) is 5.71. The fourth-order valence-electron chi connectivity index (χ4n) is 4.24. The summed E-state index contributed by atoms with van der Waals surface area (Å²) < 4.78 is 3.45. The maximum atomic E-state index is 13.2. The summed E-state index contributed by atoms with van der Waals surface area (Å²) in [4.78, 5) is 32.6. The van der Waals surface area contributed by atoms with Crippen molar-refractivity contribution in [2.75, 3.05) is 13.1 Å². The third-order valence-electron chi connectivity index (χ3n) is 6.12. The zero-order valence-electron chi connectivity index (χ0n) is 19.2. The lowest BCUT2D eigenvalue weighted by Crippen LogP contribution is -2.32. The smallest absolute Gasteiger partial charge is 0.274 e. The van der Waals surface area contributed by atoms with Gasteiger partial charge in [-0.3, -0.25) is 14.3 Å². The first-order chi connectivity index (χ1) is 16.5. The van der Waals surface area contributed by atoms with Crippen LogP contribution < -0.4 is 5.32 Å². The number of imidazole rings is 1. The number of hydrogen-bond acceptors (Lipinski definition) is 4. The molecule has 0 spiro atoms. The van der Waals surface area contributed by atoms with E-state index in [1.807, 2.05) is 71.6 Å². The van der Waals surface area contributed by atoms with Crippen LogP contribution >= 0.6 is 0 Å². The van der Waals surface area contributed by atoms with Gasteiger partial charge < -0.3 is 14.8 Å². The predicted octanol–water partition coefficient (Wildman–Crippen LogP) is 3.59. The zero-order chi connectivity index (χ0) is 23.7. The SMILES string of the molecule is CC1CC=C(NC(=O)c2c(C(=O)N3CC=CC3)cnn2C)C=Cn2cc(-c3ccccc3)nc21. The molecule has 8 heteroatoms. The summed E-state index contributed by atoms with van der Waals surface area (Å²) in [5, 5.41) is 7.13. The van der Waals surface area contributed by atoms with Crippen molar-refractivity contribution in [3.63, 3.8) is 0 Å². The van der Waals surface area contributed by atoms with Gasteiger partial charge in [0, 0.05) is 49.7 Å². The van der Waals surface area contributed by atoms with Crippen LogP contribution in [0.4, 0.5) is 0 Å². The molecule has 34 heavy (non-hydrogen) atoms. The van der Waals surface area contributed by atoms with Gasteiger partial charge in [0.2, 0.25) is 0 Å². The van der Waals surface area contributed by atoms with Crippen molar-refractivity contribution in [1.82, 2.24) is 29.5 Å². The summed E-state index contributed by atoms with van der Waals surface area (Å²) in [6.07, 6.45) is 13.8. The normalized spacial score (nSPS) is 17.2. The molecule has 0 saturated heterocycles. The van der Waals surface area contributed by atoms with Crippen LogP contribution in [0.1, 0.15) is 45.9 Å². The van der Waals surface area contributed by atoms with E-state index >= 15 is 0 Å². The van der Waals surface area contributed by atoms with Gasteiger partial charge in [0.05, 0.1) is 17.5 Å². The number of rotatable bonds is 4. The van der Waals surface area contributed by atoms with Crippen molar-refractivity contribution in [1.29, 1.82) is 0 Å². The van der Waals surface area contributed by atoms with Crippen molar-refractivity contribution in [3.05, 3.63) is 89.8 Å². The summed E-state index contributed by atoms with van der Waals surface area (Å²) in [7, 11) is 1.67. The molecule has 172 valence electrons. The molecule has 3 aromatic rings. The average molecular weight is 455 g/mol. The molecular weight excluding hydrogens is 428 g/mol. The molecule has 1 atom stereocenters. The molecule has 1 unspecified atom stereocenters. The number of aryl methyl sites for hydroxylation is 1. The summed E-state index contributed by atoms with van der Waals surface area (Å²) in [6, 6.07) is 10.1. The second-order valence-corrected chi connectivity index (χ2v) is 8.54. The number of carbonyl (C=O) groups excluding carboxylic acids is 2. The second kappa shape index (κ2) is 8.97. The van der Waals surface area contributed by atoms with E-state index in [-0.39, 0.29) is 23.4 Å². The Morgan fingerprint density at radius 3 is 2.65 bits per heavy atom. The molecule has 2 aliphatic heterocycles. The molecule has 4 heterocycles. The van der Waals surface area contributed by atoms with Gasteiger partial charge in [-0.05, 0) is 12.5 Å². The fraction of sp³-hybridized carbons (Fsp3) is 0.231. The van der Waals surface area contributed by atoms with Crippen LogP contribution in [0.3, 0.4) is 0 Å². The Hall–Kier alpha value is -4.20. The van der Waals surface area contributed by atoms with E-state index in [0.29, 0.717) is 30.8 Å². The van der Waals surface area contributed by atoms with E-state index in [9.17, 15) is 9.59 Å². The van der Waals surface area contributed by atoms with E-state index in [4.69, 9.17) is 4.98 Å². The number of nitrogens with zero attached hydrogens (tertiary/aromatic N) is 5. The quantitative estimate of drug-likeness (QED) is 0.611. The third-order valence-corrected chi connectivity index (χ3v) is 6.12. The van der Waals surface area contributed by atoms with E-state index in [0.717, 1.165) is 17.1 Å². The topological polar surface area (TPSA) is 85.0 Å². The van der Waals surface area contributed by atoms with Gasteiger partial charge in [0.25, 0.3) is 11.8 Å². The number of nitrogens with one attached hydrogen (secondary N) is 1. The molecule has 5 rings (SSSR count). The minimum absolute atomic E-state index is 0.158. The van der Waals surface area contributed by atoms with Crippen molar-refractivity contribution >= 4 is 18.0 Å². The van der Waals surface area contributed by atoms with Crippen molar-refractivity contribution in [3.8, 4) is 11.3 Å². The van der Waals surface area contributed by atoms with Crippen LogP contribution in [0.5, 0.6) is 0 Å². The van der Waals surface area contributed by atoms with Crippen molar-refractivity contribution in [2.24, 2.45) is 7.05 Å². The summed E-state index contributed by atoms with van der Waals surface area (Å²) in [5.74, 6) is 0.562. The lowest BCUT2D eigenvalue weighted by Gasteiger charge is -2.16. The molecule has 8 nitrogen and oxygen atoms in total. The lowest BCUT2D eigenvalue weighted by molar-refractivity contribution is 0.0791. The molecule has 2 amide bonds. The van der Waals surface area contributed by atoms with E-state index in [1.165, 1.54) is 10.9 Å². The van der Waals surface area contributed by atoms with E-state index < -0.39 is 0 Å². The first-order valence-corrected chi connectivity index (χ1v) is 11.3. The van der Waals surface area contributed by atoms with Gasteiger partial charge in [-0.2, -0.15) is 5.10 Å². The fourth-order valence-corrected chi connectivity index (χ4v) is 4.24. The Morgan fingerprint density at radius 1 is 1.12 bits per heavy atom. The number of benzene rings is 1. The zero-order valence-corrected chi connectivity index (χ0v) is 19.2. The Bertz CT molecular complexity index is 1320. The maximum Gasteiger partial charge on any atom is 0.274 e. The monoisotopic (exact) mass is 454 g/mol. The maximum absolute atomic E-state index is 13.2. The van der Waals surface area contributed by atoms with Gasteiger partial charge in [0.1, 0.15) is 11.5 Å². The number of amides is 2. The lowest BCUT2D eigenvalue weighted by atomic mass is 10.1. The average Bonchev–Trinajstić information content (AvgIpc) is 3.59. The van der Waals surface area contributed by atoms with E-state index in [1.54, 1.807) is 11.9 Å². The Balaban J connectivity index is 1.37. The largest absolute Gasteiger partial charge is 0.331 e. The Morgan fingerprint density at radius 2 is 1.88 bits per heavy atom. The molecule has 0 bridgehead atoms. The van der Waals surface area contributed by atoms with E-state index in [2.05, 4.69) is 17.3 Å². The number of aromatic nitrogens is 4. The Labute approximate surface area is 197 Å². The number of fused-ring (bicyclic) bond motifs is 1. The van der Waals surface area contributed by atoms with Crippen molar-refractivity contribution in [2.45, 2.75) is 19.3 Å². The highest BCUT2D eigenvalue weighted by atomic mass is 16.2. The van der Waals surface area contributed by atoms with Crippen LogP contribution in [0, 0.1) is 0 Å². The molecular formula is C26H26N6O2. The minimum Gasteiger partial charge on any atom is -0.331 e. The molecule has 0 radical (unpaired) electrons. The summed E-state index contributed by atoms with van der Waals surface area (Å²) >= 11 is 0. The molecule has 1 aromatic carbocycles. The van der Waals surface area contributed by atoms with Crippen LogP contribution in [0.25, 0.3) is 17.5 Å². The van der Waals surface area contributed by atoms with Gasteiger partial charge in [-0.15, -0.1) is 0 Å². The van der Waals surface area contributed by atoms with Crippen LogP contribution in [-0.2, 0) is 7.05 Å². The van der Waals surface area contributed by atoms with Gasteiger partial charge in [-0.25, -0.2) is 4.98 Å². The second-order valence-electron chi connectivity index (χ2n) is 8.54. The molecule has 0 saturated carbocycles. The van der Waals surface area contributed by atoms with Gasteiger partial charge in [-0.1, -0.05) is 55.5 Å². The summed E-state index contributed by atoms with van der Waals surface area (Å²) in [6.45, 7) is 3.20. The van der Waals surface area contributed by atoms with Gasteiger partial charge >= 0.3 is 0 Å². The third kappa shape index (κ3) is 4.10. The molecule has 0 fully saturated rings. The molecule has 2 aromatic heterocycles. The van der Waals surface area contributed by atoms with Gasteiger partial charge in [0.15, 0.2) is 0 Å². The number of carbonyl (C=O) groups is 2. The highest BCUT2D eigenvalue weighted by Crippen LogP contribution is 2.27. The first kappa shape index (κ1) is 21.6. The number of allylic oxidation sites excluding steroid dienone is 2. The standard InChI is InChI=1S/C26H26N6O2/c1-18-10-11-20(12-15-32-17-22(29-24(18)32)19-8-4-3-5-9-19)28-25(33)23-21(16-27-30(23)2)26(34)31-13-6-7-14-31/h3-9,11-12,15-18H,10,13-14H2,1-2H3,(H,28,33). The van der Waals surface area contributed by atoms with Crippen LogP contribution in [-0.4, -0.2) is 49.1 Å².